The Morgan fingerprint density at radius 1 is 0.422 bits per heavy atom. The van der Waals surface area contributed by atoms with E-state index >= 15 is 0 Å². The Hall–Kier alpha value is -5.64. The Balaban J connectivity index is 1.31. The highest BCUT2D eigenvalue weighted by Gasteiger charge is 2.22. The minimum Gasteiger partial charge on any atom is -0.456 e. The summed E-state index contributed by atoms with van der Waals surface area (Å²) in [7, 11) is 0. The third-order valence-electron chi connectivity index (χ3n) is 8.67. The Labute approximate surface area is 265 Å². The summed E-state index contributed by atoms with van der Waals surface area (Å²) in [4.78, 5) is 2.38. The molecular weight excluding hydrogens is 567 g/mol. The second kappa shape index (κ2) is 10.5. The van der Waals surface area contributed by atoms with Crippen molar-refractivity contribution < 1.29 is 4.42 Å². The number of hydrogen-bond donors (Lipinski definition) is 0. The Bertz CT molecular complexity index is 2470. The van der Waals surface area contributed by atoms with Gasteiger partial charge in [-0.25, -0.2) is 0 Å². The van der Waals surface area contributed by atoms with Crippen LogP contribution >= 0.6 is 11.3 Å². The summed E-state index contributed by atoms with van der Waals surface area (Å²) in [5.74, 6) is 0. The molecule has 0 unspecified atom stereocenters. The minimum atomic E-state index is 0.887. The molecule has 2 aromatic heterocycles. The summed E-state index contributed by atoms with van der Waals surface area (Å²) in [6.45, 7) is 0. The van der Waals surface area contributed by atoms with Gasteiger partial charge in [0.05, 0.1) is 11.1 Å². The molecule has 0 bridgehead atoms. The van der Waals surface area contributed by atoms with Gasteiger partial charge < -0.3 is 9.32 Å². The molecule has 9 rings (SSSR count). The second-order valence-electron chi connectivity index (χ2n) is 11.3. The van der Waals surface area contributed by atoms with Crippen molar-refractivity contribution in [2.24, 2.45) is 0 Å². The fourth-order valence-electron chi connectivity index (χ4n) is 6.57. The van der Waals surface area contributed by atoms with Crippen LogP contribution < -0.4 is 4.90 Å². The van der Waals surface area contributed by atoms with Crippen LogP contribution in [0.5, 0.6) is 0 Å². The highest BCUT2D eigenvalue weighted by atomic mass is 32.1. The van der Waals surface area contributed by atoms with Crippen molar-refractivity contribution in [3.8, 4) is 22.3 Å². The van der Waals surface area contributed by atoms with Crippen LogP contribution in [0.2, 0.25) is 0 Å². The molecule has 2 nitrogen and oxygen atoms in total. The predicted octanol–water partition coefficient (Wildman–Crippen LogP) is 12.8. The molecule has 0 aliphatic carbocycles. The standard InChI is InChI=1S/C42H27NOS/c1-3-11-28(12-4-1)30-21-23-32(24-22-30)43(33-16-9-15-31(27-33)29-13-5-2-6-14-29)36-18-10-19-37-40(36)41-38(44-37)26-25-35-34-17-7-8-20-39(34)45-42(35)41/h1-27H. The molecule has 0 aliphatic rings. The quantitative estimate of drug-likeness (QED) is 0.197. The van der Waals surface area contributed by atoms with Crippen LogP contribution in [0.15, 0.2) is 168 Å². The SMILES string of the molecule is c1ccc(-c2ccc(N(c3cccc(-c4ccccc4)c3)c3cccc4oc5ccc6c7ccccc7sc6c5c34)cc2)cc1. The van der Waals surface area contributed by atoms with Crippen molar-refractivity contribution in [3.05, 3.63) is 164 Å². The van der Waals surface area contributed by atoms with E-state index in [0.717, 1.165) is 33.6 Å². The van der Waals surface area contributed by atoms with Crippen molar-refractivity contribution in [3.63, 3.8) is 0 Å². The van der Waals surface area contributed by atoms with Gasteiger partial charge in [0, 0.05) is 36.9 Å². The lowest BCUT2D eigenvalue weighted by molar-refractivity contribution is 0.669. The van der Waals surface area contributed by atoms with E-state index in [-0.39, 0.29) is 0 Å². The summed E-state index contributed by atoms with van der Waals surface area (Å²) >= 11 is 1.84. The van der Waals surface area contributed by atoms with E-state index in [9.17, 15) is 0 Å². The fraction of sp³-hybridized carbons (Fsp3) is 0. The van der Waals surface area contributed by atoms with Gasteiger partial charge in [-0.1, -0.05) is 109 Å². The number of furan rings is 1. The molecule has 0 spiro atoms. The maximum atomic E-state index is 6.57. The van der Waals surface area contributed by atoms with Gasteiger partial charge in [0.2, 0.25) is 0 Å². The lowest BCUT2D eigenvalue weighted by Gasteiger charge is -2.27. The van der Waals surface area contributed by atoms with Crippen LogP contribution in [0, 0.1) is 0 Å². The molecule has 0 aliphatic heterocycles. The number of thiophene rings is 1. The first-order chi connectivity index (χ1) is 22.3. The normalized spacial score (nSPS) is 11.6. The van der Waals surface area contributed by atoms with E-state index in [1.165, 1.54) is 47.8 Å². The molecule has 9 aromatic rings. The largest absolute Gasteiger partial charge is 0.456 e. The molecule has 0 amide bonds. The molecule has 2 heterocycles. The van der Waals surface area contributed by atoms with E-state index < -0.39 is 0 Å². The molecule has 0 N–H and O–H groups in total. The third-order valence-corrected chi connectivity index (χ3v) is 9.87. The van der Waals surface area contributed by atoms with Gasteiger partial charge >= 0.3 is 0 Å². The molecule has 7 aromatic carbocycles. The molecule has 212 valence electrons. The van der Waals surface area contributed by atoms with Crippen LogP contribution in [-0.2, 0) is 0 Å². The monoisotopic (exact) mass is 593 g/mol. The van der Waals surface area contributed by atoms with E-state index in [1.807, 2.05) is 11.3 Å². The summed E-state index contributed by atoms with van der Waals surface area (Å²) in [5, 5.41) is 4.85. The average Bonchev–Trinajstić information content (AvgIpc) is 3.69. The molecule has 0 saturated carbocycles. The molecule has 0 atom stereocenters. The summed E-state index contributed by atoms with van der Waals surface area (Å²) in [6, 6.07) is 58.3. The molecule has 45 heavy (non-hydrogen) atoms. The number of nitrogens with zero attached hydrogens (tertiary/aromatic N) is 1. The van der Waals surface area contributed by atoms with Crippen molar-refractivity contribution >= 4 is 70.5 Å². The van der Waals surface area contributed by atoms with Crippen molar-refractivity contribution in [1.82, 2.24) is 0 Å². The zero-order chi connectivity index (χ0) is 29.7. The van der Waals surface area contributed by atoms with Crippen molar-refractivity contribution in [2.45, 2.75) is 0 Å². The first kappa shape index (κ1) is 25.8. The molecule has 0 saturated heterocycles. The van der Waals surface area contributed by atoms with Crippen LogP contribution in [0.4, 0.5) is 17.1 Å². The van der Waals surface area contributed by atoms with E-state index in [1.54, 1.807) is 0 Å². The fourth-order valence-corrected chi connectivity index (χ4v) is 7.82. The van der Waals surface area contributed by atoms with Crippen LogP contribution in [-0.4, -0.2) is 0 Å². The number of hydrogen-bond acceptors (Lipinski definition) is 3. The summed E-state index contributed by atoms with van der Waals surface area (Å²) < 4.78 is 9.12. The maximum Gasteiger partial charge on any atom is 0.137 e. The number of rotatable bonds is 5. The summed E-state index contributed by atoms with van der Waals surface area (Å²) in [6.07, 6.45) is 0. The van der Waals surface area contributed by atoms with Gasteiger partial charge in [-0.15, -0.1) is 11.3 Å². The first-order valence-corrected chi connectivity index (χ1v) is 16.0. The first-order valence-electron chi connectivity index (χ1n) is 15.2. The van der Waals surface area contributed by atoms with Gasteiger partial charge in [0.1, 0.15) is 11.2 Å². The van der Waals surface area contributed by atoms with E-state index in [4.69, 9.17) is 4.42 Å². The van der Waals surface area contributed by atoms with Gasteiger partial charge in [-0.3, -0.25) is 0 Å². The van der Waals surface area contributed by atoms with Gasteiger partial charge in [-0.05, 0) is 76.9 Å². The predicted molar refractivity (Wildman–Crippen MR) is 192 cm³/mol. The van der Waals surface area contributed by atoms with Crippen LogP contribution in [0.3, 0.4) is 0 Å². The maximum absolute atomic E-state index is 6.57. The Morgan fingerprint density at radius 2 is 1.07 bits per heavy atom. The van der Waals surface area contributed by atoms with Gasteiger partial charge in [0.25, 0.3) is 0 Å². The molecule has 3 heteroatoms. The lowest BCUT2D eigenvalue weighted by Crippen LogP contribution is -2.10. The zero-order valence-electron chi connectivity index (χ0n) is 24.4. The Kier molecular flexibility index (Phi) is 6.03. The van der Waals surface area contributed by atoms with Crippen LogP contribution in [0.25, 0.3) is 64.4 Å². The van der Waals surface area contributed by atoms with Crippen LogP contribution in [0.1, 0.15) is 0 Å². The second-order valence-corrected chi connectivity index (χ2v) is 12.4. The number of anilines is 3. The van der Waals surface area contributed by atoms with Gasteiger partial charge in [-0.2, -0.15) is 0 Å². The topological polar surface area (TPSA) is 16.4 Å². The molecule has 0 radical (unpaired) electrons. The third kappa shape index (κ3) is 4.32. The van der Waals surface area contributed by atoms with E-state index in [0.29, 0.717) is 0 Å². The zero-order valence-corrected chi connectivity index (χ0v) is 25.2. The van der Waals surface area contributed by atoms with Crippen molar-refractivity contribution in [1.29, 1.82) is 0 Å². The minimum absolute atomic E-state index is 0.887. The highest BCUT2D eigenvalue weighted by molar-refractivity contribution is 7.26. The lowest BCUT2D eigenvalue weighted by atomic mass is 10.0. The van der Waals surface area contributed by atoms with Crippen molar-refractivity contribution in [2.75, 3.05) is 4.90 Å². The highest BCUT2D eigenvalue weighted by Crippen LogP contribution is 2.48. The summed E-state index contributed by atoms with van der Waals surface area (Å²) in [5.41, 5.74) is 9.83. The van der Waals surface area contributed by atoms with E-state index in [2.05, 4.69) is 169 Å². The Morgan fingerprint density at radius 3 is 1.87 bits per heavy atom. The number of benzene rings is 7. The molecule has 0 fully saturated rings. The number of fused-ring (bicyclic) bond motifs is 7. The average molecular weight is 594 g/mol. The smallest absolute Gasteiger partial charge is 0.137 e. The van der Waals surface area contributed by atoms with Gasteiger partial charge in [0.15, 0.2) is 0 Å². The molecular formula is C42H27NOS.